The average molecular weight is 265 g/mol. The van der Waals surface area contributed by atoms with E-state index in [1.165, 1.54) is 0 Å². The first kappa shape index (κ1) is 13.7. The van der Waals surface area contributed by atoms with Crippen molar-refractivity contribution < 1.29 is 19.4 Å². The predicted octanol–water partition coefficient (Wildman–Crippen LogP) is 1.54. The smallest absolute Gasteiger partial charge is 0.231 e. The van der Waals surface area contributed by atoms with Crippen molar-refractivity contribution in [3.05, 3.63) is 23.8 Å². The van der Waals surface area contributed by atoms with E-state index in [0.717, 1.165) is 17.1 Å². The Balaban J connectivity index is 2.00. The first-order chi connectivity index (χ1) is 9.24. The van der Waals surface area contributed by atoms with Crippen LogP contribution in [-0.4, -0.2) is 35.9 Å². The standard InChI is InChI=1S/C14H19NO4/c1-2-15(14(17)4-3-7-16)9-11-5-6-12-13(8-11)19-10-18-12/h5-6,8,16H,2-4,7,9-10H2,1H3. The molecule has 104 valence electrons. The van der Waals surface area contributed by atoms with Gasteiger partial charge in [-0.1, -0.05) is 6.07 Å². The molecule has 1 aromatic rings. The summed E-state index contributed by atoms with van der Waals surface area (Å²) in [6.45, 7) is 3.46. The summed E-state index contributed by atoms with van der Waals surface area (Å²) in [6.07, 6.45) is 0.894. The minimum absolute atomic E-state index is 0.0489. The third-order valence-electron chi connectivity index (χ3n) is 3.09. The summed E-state index contributed by atoms with van der Waals surface area (Å²) in [6, 6.07) is 5.71. The number of nitrogens with zero attached hydrogens (tertiary/aromatic N) is 1. The molecule has 1 aliphatic rings. The Morgan fingerprint density at radius 1 is 1.37 bits per heavy atom. The SMILES string of the molecule is CCN(Cc1ccc2c(c1)OCO2)C(=O)CCCO. The van der Waals surface area contributed by atoms with Crippen molar-refractivity contribution in [1.82, 2.24) is 4.90 Å². The van der Waals surface area contributed by atoms with Gasteiger partial charge in [-0.25, -0.2) is 0 Å². The number of rotatable bonds is 6. The van der Waals surface area contributed by atoms with Gasteiger partial charge < -0.3 is 19.5 Å². The van der Waals surface area contributed by atoms with Crippen LogP contribution in [0.4, 0.5) is 0 Å². The van der Waals surface area contributed by atoms with Crippen molar-refractivity contribution in [3.8, 4) is 11.5 Å². The molecule has 0 bridgehead atoms. The lowest BCUT2D eigenvalue weighted by molar-refractivity contribution is -0.131. The fourth-order valence-electron chi connectivity index (χ4n) is 2.02. The van der Waals surface area contributed by atoms with E-state index in [2.05, 4.69) is 0 Å². The number of aliphatic hydroxyl groups is 1. The second-order valence-corrected chi connectivity index (χ2v) is 4.42. The Morgan fingerprint density at radius 3 is 2.89 bits per heavy atom. The second kappa shape index (κ2) is 6.43. The summed E-state index contributed by atoms with van der Waals surface area (Å²) in [7, 11) is 0. The lowest BCUT2D eigenvalue weighted by atomic mass is 10.1. The highest BCUT2D eigenvalue weighted by molar-refractivity contribution is 5.76. The third kappa shape index (κ3) is 3.38. The van der Waals surface area contributed by atoms with Crippen LogP contribution in [0.5, 0.6) is 11.5 Å². The van der Waals surface area contributed by atoms with Crippen LogP contribution in [0, 0.1) is 0 Å². The van der Waals surface area contributed by atoms with E-state index >= 15 is 0 Å². The summed E-state index contributed by atoms with van der Waals surface area (Å²) < 4.78 is 10.6. The maximum atomic E-state index is 11.9. The number of ether oxygens (including phenoxy) is 2. The third-order valence-corrected chi connectivity index (χ3v) is 3.09. The summed E-state index contributed by atoms with van der Waals surface area (Å²) >= 11 is 0. The van der Waals surface area contributed by atoms with Crippen molar-refractivity contribution >= 4 is 5.91 Å². The number of hydrogen-bond acceptors (Lipinski definition) is 4. The highest BCUT2D eigenvalue weighted by Gasteiger charge is 2.16. The number of hydrogen-bond donors (Lipinski definition) is 1. The Bertz CT molecular complexity index is 447. The van der Waals surface area contributed by atoms with Gasteiger partial charge in [0.05, 0.1) is 0 Å². The summed E-state index contributed by atoms with van der Waals surface area (Å²) in [4.78, 5) is 13.7. The normalized spacial score (nSPS) is 12.5. The van der Waals surface area contributed by atoms with Gasteiger partial charge in [0.2, 0.25) is 12.7 Å². The zero-order valence-electron chi connectivity index (χ0n) is 11.1. The highest BCUT2D eigenvalue weighted by Crippen LogP contribution is 2.32. The molecule has 1 aliphatic heterocycles. The Morgan fingerprint density at radius 2 is 2.16 bits per heavy atom. The Hall–Kier alpha value is -1.75. The average Bonchev–Trinajstić information content (AvgIpc) is 2.89. The molecular formula is C14H19NO4. The van der Waals surface area contributed by atoms with E-state index in [-0.39, 0.29) is 19.3 Å². The van der Waals surface area contributed by atoms with Gasteiger partial charge in [0.15, 0.2) is 11.5 Å². The van der Waals surface area contributed by atoms with E-state index < -0.39 is 0 Å². The van der Waals surface area contributed by atoms with E-state index in [1.807, 2.05) is 25.1 Å². The van der Waals surface area contributed by atoms with Crippen molar-refractivity contribution in [2.45, 2.75) is 26.3 Å². The molecule has 2 rings (SSSR count). The quantitative estimate of drug-likeness (QED) is 0.847. The summed E-state index contributed by atoms with van der Waals surface area (Å²) in [5.74, 6) is 1.55. The Kier molecular flexibility index (Phi) is 4.63. The zero-order chi connectivity index (χ0) is 13.7. The predicted molar refractivity (Wildman–Crippen MR) is 70.0 cm³/mol. The molecule has 1 aromatic carbocycles. The lowest BCUT2D eigenvalue weighted by Gasteiger charge is -2.21. The number of carbonyl (C=O) groups excluding carboxylic acids is 1. The van der Waals surface area contributed by atoms with Crippen molar-refractivity contribution in [3.63, 3.8) is 0 Å². The molecular weight excluding hydrogens is 246 g/mol. The van der Waals surface area contributed by atoms with Crippen molar-refractivity contribution in [2.75, 3.05) is 19.9 Å². The minimum Gasteiger partial charge on any atom is -0.454 e. The number of aliphatic hydroxyl groups excluding tert-OH is 1. The van der Waals surface area contributed by atoms with Crippen LogP contribution in [0.25, 0.3) is 0 Å². The summed E-state index contributed by atoms with van der Waals surface area (Å²) in [5, 5.41) is 8.76. The molecule has 0 saturated carbocycles. The molecule has 0 fully saturated rings. The number of carbonyl (C=O) groups is 1. The van der Waals surface area contributed by atoms with E-state index in [4.69, 9.17) is 14.6 Å². The molecule has 1 N–H and O–H groups in total. The van der Waals surface area contributed by atoms with Gasteiger partial charge in [-0.2, -0.15) is 0 Å². The molecule has 0 spiro atoms. The van der Waals surface area contributed by atoms with Crippen LogP contribution < -0.4 is 9.47 Å². The van der Waals surface area contributed by atoms with Gasteiger partial charge in [-0.15, -0.1) is 0 Å². The first-order valence-electron chi connectivity index (χ1n) is 6.51. The molecule has 0 saturated heterocycles. The summed E-state index contributed by atoms with van der Waals surface area (Å²) in [5.41, 5.74) is 1.02. The van der Waals surface area contributed by atoms with E-state index in [0.29, 0.717) is 25.9 Å². The lowest BCUT2D eigenvalue weighted by Crippen LogP contribution is -2.30. The molecule has 5 nitrogen and oxygen atoms in total. The molecule has 1 amide bonds. The molecule has 19 heavy (non-hydrogen) atoms. The van der Waals surface area contributed by atoms with Gasteiger partial charge in [0, 0.05) is 26.1 Å². The van der Waals surface area contributed by atoms with Crippen LogP contribution in [-0.2, 0) is 11.3 Å². The molecule has 1 heterocycles. The van der Waals surface area contributed by atoms with E-state index in [1.54, 1.807) is 4.90 Å². The van der Waals surface area contributed by atoms with Crippen LogP contribution in [0.3, 0.4) is 0 Å². The topological polar surface area (TPSA) is 59.0 Å². The molecule has 0 radical (unpaired) electrons. The van der Waals surface area contributed by atoms with Crippen LogP contribution in [0.2, 0.25) is 0 Å². The van der Waals surface area contributed by atoms with Crippen LogP contribution >= 0.6 is 0 Å². The van der Waals surface area contributed by atoms with Crippen molar-refractivity contribution in [1.29, 1.82) is 0 Å². The molecule has 5 heteroatoms. The fourth-order valence-corrected chi connectivity index (χ4v) is 2.02. The highest BCUT2D eigenvalue weighted by atomic mass is 16.7. The van der Waals surface area contributed by atoms with Gasteiger partial charge in [0.1, 0.15) is 0 Å². The van der Waals surface area contributed by atoms with Crippen LogP contribution in [0.1, 0.15) is 25.3 Å². The minimum atomic E-state index is 0.0489. The number of amides is 1. The van der Waals surface area contributed by atoms with Crippen molar-refractivity contribution in [2.24, 2.45) is 0 Å². The first-order valence-corrected chi connectivity index (χ1v) is 6.51. The molecule has 0 aromatic heterocycles. The number of fused-ring (bicyclic) bond motifs is 1. The molecule has 0 aliphatic carbocycles. The van der Waals surface area contributed by atoms with Gasteiger partial charge >= 0.3 is 0 Å². The monoisotopic (exact) mass is 265 g/mol. The largest absolute Gasteiger partial charge is 0.454 e. The maximum Gasteiger partial charge on any atom is 0.231 e. The van der Waals surface area contributed by atoms with Gasteiger partial charge in [0.25, 0.3) is 0 Å². The molecule has 0 atom stereocenters. The number of benzene rings is 1. The fraction of sp³-hybridized carbons (Fsp3) is 0.500. The molecule has 0 unspecified atom stereocenters. The van der Waals surface area contributed by atoms with Gasteiger partial charge in [-0.3, -0.25) is 4.79 Å². The van der Waals surface area contributed by atoms with Crippen LogP contribution in [0.15, 0.2) is 18.2 Å². The van der Waals surface area contributed by atoms with E-state index in [9.17, 15) is 4.79 Å². The maximum absolute atomic E-state index is 11.9. The zero-order valence-corrected chi connectivity index (χ0v) is 11.1. The van der Waals surface area contributed by atoms with Gasteiger partial charge in [-0.05, 0) is 31.0 Å². The second-order valence-electron chi connectivity index (χ2n) is 4.42. The Labute approximate surface area is 112 Å².